The summed E-state index contributed by atoms with van der Waals surface area (Å²) in [6.07, 6.45) is 3.70. The van der Waals surface area contributed by atoms with Crippen molar-refractivity contribution < 1.29 is 5.11 Å². The lowest BCUT2D eigenvalue weighted by Crippen LogP contribution is -2.03. The van der Waals surface area contributed by atoms with Gasteiger partial charge in [-0.15, -0.1) is 0 Å². The van der Waals surface area contributed by atoms with E-state index in [2.05, 4.69) is 10.4 Å². The van der Waals surface area contributed by atoms with E-state index in [1.807, 2.05) is 31.3 Å². The van der Waals surface area contributed by atoms with Crippen LogP contribution in [0.15, 0.2) is 30.6 Å². The highest BCUT2D eigenvalue weighted by Crippen LogP contribution is 2.25. The van der Waals surface area contributed by atoms with E-state index in [1.54, 1.807) is 10.9 Å². The summed E-state index contributed by atoms with van der Waals surface area (Å²) in [7, 11) is 0. The van der Waals surface area contributed by atoms with Crippen LogP contribution in [0, 0.1) is 6.92 Å². The molecule has 2 N–H and O–H groups in total. The number of aliphatic hydroxyl groups is 1. The van der Waals surface area contributed by atoms with Gasteiger partial charge in [-0.1, -0.05) is 23.7 Å². The van der Waals surface area contributed by atoms with Crippen molar-refractivity contribution in [2.75, 3.05) is 11.9 Å². The minimum atomic E-state index is 0.0954. The number of nitrogens with one attached hydrogen (secondary N) is 1. The summed E-state index contributed by atoms with van der Waals surface area (Å²) >= 11 is 6.13. The maximum atomic E-state index is 8.82. The van der Waals surface area contributed by atoms with Gasteiger partial charge >= 0.3 is 0 Å². The maximum Gasteiger partial charge on any atom is 0.0640 e. The minimum Gasteiger partial charge on any atom is -0.394 e. The van der Waals surface area contributed by atoms with E-state index in [0.29, 0.717) is 13.1 Å². The number of hydrogen-bond acceptors (Lipinski definition) is 3. The van der Waals surface area contributed by atoms with Gasteiger partial charge in [0.25, 0.3) is 0 Å². The van der Waals surface area contributed by atoms with Crippen molar-refractivity contribution >= 4 is 17.3 Å². The zero-order valence-electron chi connectivity index (χ0n) is 10.2. The van der Waals surface area contributed by atoms with Crippen LogP contribution in [0.25, 0.3) is 0 Å². The highest BCUT2D eigenvalue weighted by molar-refractivity contribution is 6.33. The summed E-state index contributed by atoms with van der Waals surface area (Å²) in [5.41, 5.74) is 3.13. The molecule has 0 fully saturated rings. The lowest BCUT2D eigenvalue weighted by atomic mass is 10.2. The van der Waals surface area contributed by atoms with Gasteiger partial charge in [0.1, 0.15) is 0 Å². The van der Waals surface area contributed by atoms with E-state index in [1.165, 1.54) is 0 Å². The Kier molecular flexibility index (Phi) is 4.23. The molecule has 0 spiro atoms. The monoisotopic (exact) mass is 265 g/mol. The quantitative estimate of drug-likeness (QED) is 0.873. The molecule has 18 heavy (non-hydrogen) atoms. The van der Waals surface area contributed by atoms with E-state index in [0.717, 1.165) is 21.8 Å². The molecule has 0 aliphatic carbocycles. The highest BCUT2D eigenvalue weighted by atomic mass is 35.5. The molecule has 5 heteroatoms. The van der Waals surface area contributed by atoms with E-state index < -0.39 is 0 Å². The Labute approximate surface area is 111 Å². The molecule has 0 bridgehead atoms. The molecule has 0 atom stereocenters. The van der Waals surface area contributed by atoms with Gasteiger partial charge in [-0.25, -0.2) is 0 Å². The Morgan fingerprint density at radius 1 is 1.44 bits per heavy atom. The van der Waals surface area contributed by atoms with Crippen molar-refractivity contribution in [3.63, 3.8) is 0 Å². The average molecular weight is 266 g/mol. The van der Waals surface area contributed by atoms with Gasteiger partial charge in [-0.05, 0) is 18.6 Å². The molecular weight excluding hydrogens is 250 g/mol. The Morgan fingerprint density at radius 2 is 2.28 bits per heavy atom. The van der Waals surface area contributed by atoms with Crippen LogP contribution in [0.1, 0.15) is 11.1 Å². The Bertz CT molecular complexity index is 504. The number of halogens is 1. The van der Waals surface area contributed by atoms with E-state index in [4.69, 9.17) is 16.7 Å². The molecule has 0 radical (unpaired) electrons. The van der Waals surface area contributed by atoms with Gasteiger partial charge in [0.2, 0.25) is 0 Å². The number of aromatic nitrogens is 2. The fraction of sp³-hybridized carbons (Fsp3) is 0.308. The molecule has 2 aromatic rings. The fourth-order valence-electron chi connectivity index (χ4n) is 1.77. The summed E-state index contributed by atoms with van der Waals surface area (Å²) in [4.78, 5) is 0. The summed E-state index contributed by atoms with van der Waals surface area (Å²) < 4.78 is 1.72. The fourth-order valence-corrected chi connectivity index (χ4v) is 2.06. The Morgan fingerprint density at radius 3 is 3.00 bits per heavy atom. The number of para-hydroxylation sites is 1. The third kappa shape index (κ3) is 3.03. The van der Waals surface area contributed by atoms with Gasteiger partial charge in [0.15, 0.2) is 0 Å². The van der Waals surface area contributed by atoms with Gasteiger partial charge < -0.3 is 10.4 Å². The molecule has 2 rings (SSSR count). The molecule has 1 aromatic heterocycles. The topological polar surface area (TPSA) is 50.1 Å². The molecule has 0 saturated heterocycles. The first-order valence-electron chi connectivity index (χ1n) is 5.82. The van der Waals surface area contributed by atoms with Crippen LogP contribution in [0.3, 0.4) is 0 Å². The number of hydrogen-bond donors (Lipinski definition) is 2. The van der Waals surface area contributed by atoms with Gasteiger partial charge in [0.05, 0.1) is 30.1 Å². The minimum absolute atomic E-state index is 0.0954. The van der Waals surface area contributed by atoms with Crippen LogP contribution in [0.4, 0.5) is 5.69 Å². The Hall–Kier alpha value is -1.52. The van der Waals surface area contributed by atoms with Crippen molar-refractivity contribution in [1.29, 1.82) is 0 Å². The molecule has 0 amide bonds. The van der Waals surface area contributed by atoms with Crippen molar-refractivity contribution in [3.05, 3.63) is 46.7 Å². The Balaban J connectivity index is 2.02. The van der Waals surface area contributed by atoms with E-state index in [9.17, 15) is 0 Å². The van der Waals surface area contributed by atoms with Crippen LogP contribution in [0.2, 0.25) is 5.02 Å². The highest BCUT2D eigenvalue weighted by Gasteiger charge is 2.04. The number of rotatable bonds is 5. The van der Waals surface area contributed by atoms with Crippen LogP contribution < -0.4 is 5.32 Å². The SMILES string of the molecule is Cc1cccc(Cl)c1NCc1cnn(CCO)c1. The second kappa shape index (κ2) is 5.89. The zero-order chi connectivity index (χ0) is 13.0. The molecule has 96 valence electrons. The molecule has 0 aliphatic heterocycles. The lowest BCUT2D eigenvalue weighted by molar-refractivity contribution is 0.269. The number of benzene rings is 1. The standard InChI is InChI=1S/C13H16ClN3O/c1-10-3-2-4-12(14)13(10)15-7-11-8-16-17(9-11)5-6-18/h2-4,8-9,15,18H,5-7H2,1H3. The van der Waals surface area contributed by atoms with Crippen LogP contribution in [0.5, 0.6) is 0 Å². The molecule has 4 nitrogen and oxygen atoms in total. The summed E-state index contributed by atoms with van der Waals surface area (Å²) in [5.74, 6) is 0. The molecular formula is C13H16ClN3O. The third-order valence-corrected chi connectivity index (χ3v) is 3.02. The smallest absolute Gasteiger partial charge is 0.0640 e. The van der Waals surface area contributed by atoms with Crippen molar-refractivity contribution in [2.45, 2.75) is 20.0 Å². The largest absolute Gasteiger partial charge is 0.394 e. The number of aryl methyl sites for hydroxylation is 1. The first-order chi connectivity index (χ1) is 8.70. The van der Waals surface area contributed by atoms with Crippen molar-refractivity contribution in [2.24, 2.45) is 0 Å². The van der Waals surface area contributed by atoms with Gasteiger partial charge in [-0.3, -0.25) is 4.68 Å². The second-order valence-electron chi connectivity index (χ2n) is 4.12. The van der Waals surface area contributed by atoms with Crippen molar-refractivity contribution in [3.8, 4) is 0 Å². The summed E-state index contributed by atoms with van der Waals surface area (Å²) in [6.45, 7) is 3.29. The zero-order valence-corrected chi connectivity index (χ0v) is 11.0. The van der Waals surface area contributed by atoms with Crippen molar-refractivity contribution in [1.82, 2.24) is 9.78 Å². The van der Waals surface area contributed by atoms with Crippen LogP contribution in [-0.2, 0) is 13.1 Å². The second-order valence-corrected chi connectivity index (χ2v) is 4.53. The molecule has 1 aromatic carbocycles. The van der Waals surface area contributed by atoms with Gasteiger partial charge in [-0.2, -0.15) is 5.10 Å². The molecule has 1 heterocycles. The average Bonchev–Trinajstić information content (AvgIpc) is 2.77. The predicted molar refractivity (Wildman–Crippen MR) is 72.8 cm³/mol. The predicted octanol–water partition coefficient (Wildman–Crippen LogP) is 2.45. The lowest BCUT2D eigenvalue weighted by Gasteiger charge is -2.10. The molecule has 0 saturated carbocycles. The number of anilines is 1. The number of nitrogens with zero attached hydrogens (tertiary/aromatic N) is 2. The molecule has 0 aliphatic rings. The summed E-state index contributed by atoms with van der Waals surface area (Å²) in [6, 6.07) is 5.82. The molecule has 0 unspecified atom stereocenters. The van der Waals surface area contributed by atoms with E-state index >= 15 is 0 Å². The normalized spacial score (nSPS) is 10.6. The maximum absolute atomic E-state index is 8.82. The van der Waals surface area contributed by atoms with Gasteiger partial charge in [0, 0.05) is 18.3 Å². The first-order valence-corrected chi connectivity index (χ1v) is 6.19. The first kappa shape index (κ1) is 12.9. The van der Waals surface area contributed by atoms with Crippen LogP contribution in [-0.4, -0.2) is 21.5 Å². The summed E-state index contributed by atoms with van der Waals surface area (Å²) in [5, 5.41) is 17.0. The third-order valence-electron chi connectivity index (χ3n) is 2.71. The number of aliphatic hydroxyl groups excluding tert-OH is 1. The van der Waals surface area contributed by atoms with E-state index in [-0.39, 0.29) is 6.61 Å². The van der Waals surface area contributed by atoms with Crippen LogP contribution >= 0.6 is 11.6 Å².